The van der Waals surface area contributed by atoms with Gasteiger partial charge in [0.1, 0.15) is 5.82 Å². The van der Waals surface area contributed by atoms with Crippen molar-refractivity contribution in [2.24, 2.45) is 0 Å². The minimum absolute atomic E-state index is 0.00553. The van der Waals surface area contributed by atoms with Gasteiger partial charge in [0.25, 0.3) is 0 Å². The first-order valence-corrected chi connectivity index (χ1v) is 13.1. The number of nitrogens with one attached hydrogen (secondary N) is 3. The Bertz CT molecular complexity index is 964. The number of alkyl halides is 3. The zero-order valence-electron chi connectivity index (χ0n) is 21.0. The molecule has 0 bridgehead atoms. The van der Waals surface area contributed by atoms with Crippen molar-refractivity contribution in [2.45, 2.75) is 68.5 Å². The SMILES string of the molecule is CC(C)c1n[nH]c(C2CCN(C(=O)N(C)[C@@H](C)C(C)NCc3ccc(C(F)(F)I)cc3)CNC2)n1. The minimum atomic E-state index is -2.87. The highest BCUT2D eigenvalue weighted by atomic mass is 127. The van der Waals surface area contributed by atoms with E-state index in [0.29, 0.717) is 19.8 Å². The maximum Gasteiger partial charge on any atom is 0.321 e. The molecule has 3 atom stereocenters. The van der Waals surface area contributed by atoms with Crippen LogP contribution in [-0.2, 0) is 10.5 Å². The van der Waals surface area contributed by atoms with Gasteiger partial charge in [0.15, 0.2) is 5.82 Å². The highest BCUT2D eigenvalue weighted by Crippen LogP contribution is 2.35. The molecule has 3 N–H and O–H groups in total. The van der Waals surface area contributed by atoms with Crippen LogP contribution in [0, 0.1) is 0 Å². The lowest BCUT2D eigenvalue weighted by Gasteiger charge is -2.34. The third kappa shape index (κ3) is 7.32. The summed E-state index contributed by atoms with van der Waals surface area (Å²) in [6.45, 7) is 10.5. The largest absolute Gasteiger partial charge is 0.323 e. The molecule has 2 heterocycles. The molecule has 3 rings (SSSR count). The van der Waals surface area contributed by atoms with E-state index in [1.54, 1.807) is 17.0 Å². The van der Waals surface area contributed by atoms with Gasteiger partial charge in [-0.1, -0.05) is 38.1 Å². The van der Waals surface area contributed by atoms with Gasteiger partial charge < -0.3 is 15.1 Å². The summed E-state index contributed by atoms with van der Waals surface area (Å²) < 4.78 is 23.9. The molecule has 35 heavy (non-hydrogen) atoms. The molecule has 2 unspecified atom stereocenters. The van der Waals surface area contributed by atoms with E-state index in [2.05, 4.69) is 39.7 Å². The molecule has 1 aromatic carbocycles. The van der Waals surface area contributed by atoms with Gasteiger partial charge in [-0.25, -0.2) is 9.78 Å². The van der Waals surface area contributed by atoms with E-state index in [-0.39, 0.29) is 35.5 Å². The molecular formula is C24H36F2IN7O. The summed E-state index contributed by atoms with van der Waals surface area (Å²) in [6.07, 6.45) is 0.799. The average molecular weight is 603 g/mol. The molecule has 0 aliphatic carbocycles. The number of carbonyl (C=O) groups excluding carboxylic acids is 1. The maximum atomic E-state index is 13.4. The van der Waals surface area contributed by atoms with E-state index in [0.717, 1.165) is 52.8 Å². The topological polar surface area (TPSA) is 89.2 Å². The Morgan fingerprint density at radius 3 is 2.57 bits per heavy atom. The van der Waals surface area contributed by atoms with Crippen LogP contribution >= 0.6 is 22.6 Å². The predicted octanol–water partition coefficient (Wildman–Crippen LogP) is 4.37. The van der Waals surface area contributed by atoms with Crippen LogP contribution in [0.4, 0.5) is 13.6 Å². The van der Waals surface area contributed by atoms with Gasteiger partial charge in [-0.05, 0) is 25.8 Å². The molecule has 2 amide bonds. The van der Waals surface area contributed by atoms with Gasteiger partial charge in [0.05, 0.1) is 6.67 Å². The molecule has 11 heteroatoms. The molecule has 1 aromatic heterocycles. The second-order valence-corrected chi connectivity index (χ2v) is 10.9. The summed E-state index contributed by atoms with van der Waals surface area (Å²) in [7, 11) is 1.82. The summed E-state index contributed by atoms with van der Waals surface area (Å²) in [6, 6.07) is 6.23. The van der Waals surface area contributed by atoms with Gasteiger partial charge in [-0.15, -0.1) is 0 Å². The number of amides is 2. The number of aromatic amines is 1. The molecule has 1 aliphatic rings. The second-order valence-electron chi connectivity index (χ2n) is 9.59. The van der Waals surface area contributed by atoms with Gasteiger partial charge >= 0.3 is 9.96 Å². The Balaban J connectivity index is 1.51. The summed E-state index contributed by atoms with van der Waals surface area (Å²) in [5.74, 6) is 2.12. The van der Waals surface area contributed by atoms with Gasteiger partial charge in [0, 0.05) is 78.8 Å². The zero-order chi connectivity index (χ0) is 25.8. The number of urea groups is 1. The standard InChI is InChI=1S/C24H36F2IN7O/c1-15(2)21-30-22(32-31-21)19-10-11-34(14-28-13-19)23(35)33(5)17(4)16(3)29-12-18-6-8-20(9-7-18)24(25,26)27/h6-9,15-17,19,28-29H,10-14H2,1-5H3,(H,30,31,32)/t16?,17-,19?/m0/s1. The lowest BCUT2D eigenvalue weighted by Crippen LogP contribution is -2.53. The number of benzene rings is 1. The highest BCUT2D eigenvalue weighted by molar-refractivity contribution is 14.1. The highest BCUT2D eigenvalue weighted by Gasteiger charge is 2.29. The van der Waals surface area contributed by atoms with E-state index in [1.165, 1.54) is 12.1 Å². The monoisotopic (exact) mass is 603 g/mol. The summed E-state index contributed by atoms with van der Waals surface area (Å²) >= 11 is 1.13. The molecule has 0 saturated carbocycles. The molecule has 8 nitrogen and oxygen atoms in total. The van der Waals surface area contributed by atoms with E-state index in [4.69, 9.17) is 0 Å². The van der Waals surface area contributed by atoms with Crippen LogP contribution < -0.4 is 10.6 Å². The fraction of sp³-hybridized carbons (Fsp3) is 0.625. The minimum Gasteiger partial charge on any atom is -0.323 e. The molecule has 0 spiro atoms. The van der Waals surface area contributed by atoms with Crippen molar-refractivity contribution < 1.29 is 13.6 Å². The molecule has 1 saturated heterocycles. The van der Waals surface area contributed by atoms with Crippen molar-refractivity contribution in [3.8, 4) is 0 Å². The number of hydrogen-bond acceptors (Lipinski definition) is 5. The van der Waals surface area contributed by atoms with Crippen LogP contribution in [0.5, 0.6) is 0 Å². The molecule has 0 radical (unpaired) electrons. The van der Waals surface area contributed by atoms with Gasteiger partial charge in [-0.2, -0.15) is 13.9 Å². The second kappa shape index (κ2) is 11.9. The lowest BCUT2D eigenvalue weighted by molar-refractivity contribution is 0.127. The first-order chi connectivity index (χ1) is 16.5. The van der Waals surface area contributed by atoms with E-state index < -0.39 is 3.93 Å². The van der Waals surface area contributed by atoms with Crippen LogP contribution in [0.2, 0.25) is 0 Å². The molecule has 194 valence electrons. The van der Waals surface area contributed by atoms with Crippen molar-refractivity contribution in [1.82, 2.24) is 35.6 Å². The number of halogens is 3. The number of carbonyl (C=O) groups is 1. The fourth-order valence-electron chi connectivity index (χ4n) is 3.99. The number of H-pyrrole nitrogens is 1. The van der Waals surface area contributed by atoms with Crippen molar-refractivity contribution in [3.05, 3.63) is 47.0 Å². The summed E-state index contributed by atoms with van der Waals surface area (Å²) in [4.78, 5) is 21.4. The number of likely N-dealkylation sites (N-methyl/N-ethyl adjacent to an activating group) is 1. The van der Waals surface area contributed by atoms with Crippen LogP contribution in [-0.4, -0.2) is 69.9 Å². The number of aromatic nitrogens is 3. The van der Waals surface area contributed by atoms with Crippen LogP contribution in [0.1, 0.15) is 68.7 Å². The smallest absolute Gasteiger partial charge is 0.321 e. The number of hydrogen-bond donors (Lipinski definition) is 3. The van der Waals surface area contributed by atoms with Crippen LogP contribution in [0.3, 0.4) is 0 Å². The lowest BCUT2D eigenvalue weighted by atomic mass is 10.1. The normalized spacial score (nSPS) is 18.9. The van der Waals surface area contributed by atoms with E-state index in [1.807, 2.05) is 25.8 Å². The Kier molecular flexibility index (Phi) is 9.44. The van der Waals surface area contributed by atoms with Crippen molar-refractivity contribution in [1.29, 1.82) is 0 Å². The average Bonchev–Trinajstić information content (AvgIpc) is 3.19. The number of nitrogens with zero attached hydrogens (tertiary/aromatic N) is 4. The summed E-state index contributed by atoms with van der Waals surface area (Å²) in [5, 5.41) is 14.2. The van der Waals surface area contributed by atoms with Gasteiger partial charge in [0.2, 0.25) is 0 Å². The van der Waals surface area contributed by atoms with Crippen molar-refractivity contribution in [2.75, 3.05) is 26.8 Å². The zero-order valence-corrected chi connectivity index (χ0v) is 23.1. The van der Waals surface area contributed by atoms with E-state index in [9.17, 15) is 13.6 Å². The molecule has 1 aliphatic heterocycles. The number of rotatable bonds is 8. The van der Waals surface area contributed by atoms with E-state index >= 15 is 0 Å². The summed E-state index contributed by atoms with van der Waals surface area (Å²) in [5.41, 5.74) is 0.906. The maximum absolute atomic E-state index is 13.4. The Labute approximate surface area is 219 Å². The Morgan fingerprint density at radius 1 is 1.29 bits per heavy atom. The third-order valence-corrected chi connectivity index (χ3v) is 7.30. The van der Waals surface area contributed by atoms with Crippen molar-refractivity contribution in [3.63, 3.8) is 0 Å². The first-order valence-electron chi connectivity index (χ1n) is 12.0. The molecular weight excluding hydrogens is 567 g/mol. The van der Waals surface area contributed by atoms with Crippen LogP contribution in [0.15, 0.2) is 24.3 Å². The van der Waals surface area contributed by atoms with Crippen LogP contribution in [0.25, 0.3) is 0 Å². The third-order valence-electron chi connectivity index (χ3n) is 6.68. The fourth-order valence-corrected chi connectivity index (χ4v) is 4.35. The predicted molar refractivity (Wildman–Crippen MR) is 141 cm³/mol. The molecule has 1 fully saturated rings. The first kappa shape index (κ1) is 27.7. The van der Waals surface area contributed by atoms with Gasteiger partial charge in [-0.3, -0.25) is 10.4 Å². The van der Waals surface area contributed by atoms with Crippen molar-refractivity contribution >= 4 is 28.6 Å². The Hall–Kier alpha value is -1.86. The Morgan fingerprint density at radius 2 is 1.97 bits per heavy atom. The quantitative estimate of drug-likeness (QED) is 0.308. The molecule has 2 aromatic rings.